The van der Waals surface area contributed by atoms with Gasteiger partial charge in [0.2, 0.25) is 0 Å². The lowest BCUT2D eigenvalue weighted by molar-refractivity contribution is -0.141. The van der Waals surface area contributed by atoms with Crippen LogP contribution in [0.4, 0.5) is 13.2 Å². The van der Waals surface area contributed by atoms with E-state index in [9.17, 15) is 18.0 Å². The molecule has 0 unspecified atom stereocenters. The molecule has 0 aliphatic carbocycles. The number of halogens is 3. The highest BCUT2D eigenvalue weighted by Gasteiger charge is 2.32. The normalized spacial score (nSPS) is 11.4. The van der Waals surface area contributed by atoms with Crippen LogP contribution in [0.3, 0.4) is 0 Å². The molecule has 0 aliphatic heterocycles. The van der Waals surface area contributed by atoms with Crippen molar-refractivity contribution in [3.05, 3.63) is 53.2 Å². The third-order valence-corrected chi connectivity index (χ3v) is 2.57. The van der Waals surface area contributed by atoms with Crippen LogP contribution in [0.2, 0.25) is 0 Å². The molecule has 0 atom stereocenters. The minimum absolute atomic E-state index is 0.196. The van der Waals surface area contributed by atoms with Gasteiger partial charge in [0, 0.05) is 11.1 Å². The van der Waals surface area contributed by atoms with E-state index in [0.29, 0.717) is 17.4 Å². The Morgan fingerprint density at radius 3 is 2.53 bits per heavy atom. The van der Waals surface area contributed by atoms with Crippen LogP contribution in [0.25, 0.3) is 11.3 Å². The van der Waals surface area contributed by atoms with Crippen molar-refractivity contribution in [3.8, 4) is 11.3 Å². The Morgan fingerprint density at radius 1 is 1.16 bits per heavy atom. The summed E-state index contributed by atoms with van der Waals surface area (Å²) in [5.74, 6) is 0. The first-order chi connectivity index (χ1) is 8.90. The van der Waals surface area contributed by atoms with Gasteiger partial charge in [0.1, 0.15) is 12.0 Å². The fourth-order valence-electron chi connectivity index (χ4n) is 1.78. The zero-order chi connectivity index (χ0) is 14.0. The Hall–Kier alpha value is -2.17. The molecular formula is C14H10F3NO. The first-order valence-corrected chi connectivity index (χ1v) is 5.51. The fraction of sp³-hybridized carbons (Fsp3) is 0.143. The molecule has 1 aromatic heterocycles. The summed E-state index contributed by atoms with van der Waals surface area (Å²) in [6, 6.07) is 8.56. The fourth-order valence-corrected chi connectivity index (χ4v) is 1.78. The summed E-state index contributed by atoms with van der Waals surface area (Å²) < 4.78 is 37.8. The predicted molar refractivity (Wildman–Crippen MR) is 64.8 cm³/mol. The zero-order valence-electron chi connectivity index (χ0n) is 10.0. The molecule has 0 saturated heterocycles. The number of aromatic nitrogens is 1. The molecule has 0 radical (unpaired) electrons. The van der Waals surface area contributed by atoms with Crippen molar-refractivity contribution < 1.29 is 18.0 Å². The third kappa shape index (κ3) is 2.99. The molecule has 0 saturated carbocycles. The van der Waals surface area contributed by atoms with Gasteiger partial charge in [0.25, 0.3) is 0 Å². The van der Waals surface area contributed by atoms with E-state index in [1.54, 1.807) is 19.1 Å². The van der Waals surface area contributed by atoms with Gasteiger partial charge in [-0.1, -0.05) is 6.07 Å². The van der Waals surface area contributed by atoms with Crippen LogP contribution in [0.5, 0.6) is 0 Å². The molecule has 19 heavy (non-hydrogen) atoms. The topological polar surface area (TPSA) is 30.0 Å². The minimum Gasteiger partial charge on any atom is -0.298 e. The van der Waals surface area contributed by atoms with Crippen LogP contribution in [-0.2, 0) is 6.18 Å². The predicted octanol–water partition coefficient (Wildman–Crippen LogP) is 3.89. The number of nitrogens with zero attached hydrogens (tertiary/aromatic N) is 1. The van der Waals surface area contributed by atoms with Gasteiger partial charge >= 0.3 is 6.18 Å². The van der Waals surface area contributed by atoms with Crippen molar-refractivity contribution in [2.24, 2.45) is 0 Å². The van der Waals surface area contributed by atoms with Crippen LogP contribution in [0.1, 0.15) is 21.6 Å². The highest BCUT2D eigenvalue weighted by Crippen LogP contribution is 2.29. The van der Waals surface area contributed by atoms with E-state index in [1.165, 1.54) is 18.2 Å². The average molecular weight is 265 g/mol. The molecule has 0 amide bonds. The minimum atomic E-state index is -4.48. The van der Waals surface area contributed by atoms with E-state index in [2.05, 4.69) is 4.98 Å². The third-order valence-electron chi connectivity index (χ3n) is 2.57. The van der Waals surface area contributed by atoms with E-state index < -0.39 is 11.9 Å². The van der Waals surface area contributed by atoms with Crippen LogP contribution < -0.4 is 0 Å². The van der Waals surface area contributed by atoms with Crippen molar-refractivity contribution >= 4 is 6.29 Å². The second kappa shape index (κ2) is 4.84. The maximum atomic E-state index is 12.6. The molecular weight excluding hydrogens is 255 g/mol. The summed E-state index contributed by atoms with van der Waals surface area (Å²) in [7, 11) is 0. The van der Waals surface area contributed by atoms with Gasteiger partial charge in [-0.25, -0.2) is 4.98 Å². The second-order valence-corrected chi connectivity index (χ2v) is 4.16. The largest absolute Gasteiger partial charge is 0.433 e. The van der Waals surface area contributed by atoms with Gasteiger partial charge in [-0.2, -0.15) is 13.2 Å². The molecule has 0 N–H and O–H groups in total. The zero-order valence-corrected chi connectivity index (χ0v) is 10.0. The van der Waals surface area contributed by atoms with Gasteiger partial charge in [0.05, 0.1) is 5.69 Å². The Bertz CT molecular complexity index is 620. The molecule has 2 rings (SSSR count). The lowest BCUT2D eigenvalue weighted by Gasteiger charge is -2.08. The first kappa shape index (κ1) is 13.3. The van der Waals surface area contributed by atoms with Crippen molar-refractivity contribution in [1.82, 2.24) is 4.98 Å². The standard InChI is InChI=1S/C14H10F3NO/c1-9-5-10(8-19)7-11(6-9)12-3-2-4-13(18-12)14(15,16)17/h2-8H,1H3. The summed E-state index contributed by atoms with van der Waals surface area (Å²) in [5, 5.41) is 0. The molecule has 0 bridgehead atoms. The number of hydrogen-bond acceptors (Lipinski definition) is 2. The maximum Gasteiger partial charge on any atom is 0.433 e. The number of carbonyl (C=O) groups is 1. The summed E-state index contributed by atoms with van der Waals surface area (Å²) in [5.41, 5.74) is 0.946. The van der Waals surface area contributed by atoms with Gasteiger partial charge in [-0.05, 0) is 42.8 Å². The molecule has 0 aliphatic rings. The quantitative estimate of drug-likeness (QED) is 0.771. The van der Waals surface area contributed by atoms with E-state index in [-0.39, 0.29) is 5.69 Å². The molecule has 5 heteroatoms. The second-order valence-electron chi connectivity index (χ2n) is 4.16. The summed E-state index contributed by atoms with van der Waals surface area (Å²) in [6.07, 6.45) is -3.82. The molecule has 0 spiro atoms. The number of carbonyl (C=O) groups excluding carboxylic acids is 1. The highest BCUT2D eigenvalue weighted by molar-refractivity contribution is 5.78. The van der Waals surface area contributed by atoms with Gasteiger partial charge < -0.3 is 0 Å². The van der Waals surface area contributed by atoms with Crippen LogP contribution in [0.15, 0.2) is 36.4 Å². The van der Waals surface area contributed by atoms with E-state index in [4.69, 9.17) is 0 Å². The Balaban J connectivity index is 2.53. The highest BCUT2D eigenvalue weighted by atomic mass is 19.4. The smallest absolute Gasteiger partial charge is 0.298 e. The number of rotatable bonds is 2. The molecule has 98 valence electrons. The van der Waals surface area contributed by atoms with E-state index in [0.717, 1.165) is 11.6 Å². The molecule has 2 aromatic rings. The van der Waals surface area contributed by atoms with Gasteiger partial charge in [-0.3, -0.25) is 4.79 Å². The van der Waals surface area contributed by atoms with Crippen LogP contribution in [0, 0.1) is 6.92 Å². The Labute approximate surface area is 107 Å². The molecule has 1 heterocycles. The van der Waals surface area contributed by atoms with Crippen molar-refractivity contribution in [1.29, 1.82) is 0 Å². The lowest BCUT2D eigenvalue weighted by Crippen LogP contribution is -2.08. The monoisotopic (exact) mass is 265 g/mol. The Kier molecular flexibility index (Phi) is 3.38. The summed E-state index contributed by atoms with van der Waals surface area (Å²) >= 11 is 0. The summed E-state index contributed by atoms with van der Waals surface area (Å²) in [6.45, 7) is 1.77. The van der Waals surface area contributed by atoms with E-state index in [1.807, 2.05) is 0 Å². The lowest BCUT2D eigenvalue weighted by atomic mass is 10.0. The number of aryl methyl sites for hydroxylation is 1. The number of pyridine rings is 1. The number of benzene rings is 1. The maximum absolute atomic E-state index is 12.6. The van der Waals surface area contributed by atoms with E-state index >= 15 is 0 Å². The molecule has 2 nitrogen and oxygen atoms in total. The first-order valence-electron chi connectivity index (χ1n) is 5.51. The number of alkyl halides is 3. The molecule has 1 aromatic carbocycles. The van der Waals surface area contributed by atoms with Crippen LogP contribution in [-0.4, -0.2) is 11.3 Å². The average Bonchev–Trinajstić information content (AvgIpc) is 2.37. The summed E-state index contributed by atoms with van der Waals surface area (Å²) in [4.78, 5) is 14.4. The van der Waals surface area contributed by atoms with Crippen molar-refractivity contribution in [2.45, 2.75) is 13.1 Å². The van der Waals surface area contributed by atoms with Gasteiger partial charge in [-0.15, -0.1) is 0 Å². The van der Waals surface area contributed by atoms with Crippen molar-refractivity contribution in [2.75, 3.05) is 0 Å². The van der Waals surface area contributed by atoms with Crippen molar-refractivity contribution in [3.63, 3.8) is 0 Å². The van der Waals surface area contributed by atoms with Crippen LogP contribution >= 0.6 is 0 Å². The SMILES string of the molecule is Cc1cc(C=O)cc(-c2cccc(C(F)(F)F)n2)c1. The van der Waals surface area contributed by atoms with Gasteiger partial charge in [0.15, 0.2) is 0 Å². The molecule has 0 fully saturated rings. The number of hydrogen-bond donors (Lipinski definition) is 0. The number of aldehydes is 1. The Morgan fingerprint density at radius 2 is 1.89 bits per heavy atom.